The molecule has 120 valence electrons. The monoisotopic (exact) mass is 333 g/mol. The average molecular weight is 333 g/mol. The van der Waals surface area contributed by atoms with E-state index in [-0.39, 0.29) is 11.6 Å². The van der Waals surface area contributed by atoms with Gasteiger partial charge in [0.05, 0.1) is 9.82 Å². The van der Waals surface area contributed by atoms with E-state index in [1.807, 2.05) is 0 Å². The zero-order valence-corrected chi connectivity index (χ0v) is 13.3. The predicted molar refractivity (Wildman–Crippen MR) is 83.4 cm³/mol. The van der Waals surface area contributed by atoms with E-state index in [9.17, 15) is 14.9 Å². The lowest BCUT2D eigenvalue weighted by atomic mass is 10.2. The van der Waals surface area contributed by atoms with E-state index in [0.717, 1.165) is 24.6 Å². The van der Waals surface area contributed by atoms with Gasteiger partial charge in [0.25, 0.3) is 11.6 Å². The van der Waals surface area contributed by atoms with Gasteiger partial charge in [0.1, 0.15) is 6.33 Å². The fourth-order valence-corrected chi connectivity index (χ4v) is 3.30. The van der Waals surface area contributed by atoms with Gasteiger partial charge < -0.3 is 9.47 Å². The van der Waals surface area contributed by atoms with Gasteiger partial charge in [-0.1, -0.05) is 0 Å². The van der Waals surface area contributed by atoms with Crippen molar-refractivity contribution in [2.24, 2.45) is 7.05 Å². The van der Waals surface area contributed by atoms with E-state index in [1.165, 1.54) is 12.4 Å². The smallest absolute Gasteiger partial charge is 0.284 e. The molecule has 0 bridgehead atoms. The zero-order valence-electron chi connectivity index (χ0n) is 12.5. The third-order valence-electron chi connectivity index (χ3n) is 3.67. The summed E-state index contributed by atoms with van der Waals surface area (Å²) in [5, 5.41) is 19.6. The van der Waals surface area contributed by atoms with Gasteiger partial charge in [0, 0.05) is 31.8 Å². The zero-order chi connectivity index (χ0) is 16.4. The van der Waals surface area contributed by atoms with E-state index in [0.29, 0.717) is 28.7 Å². The Hall–Kier alpha value is -2.42. The van der Waals surface area contributed by atoms with Gasteiger partial charge >= 0.3 is 0 Å². The number of rotatable bonds is 4. The summed E-state index contributed by atoms with van der Waals surface area (Å²) in [4.78, 5) is 25.4. The quantitative estimate of drug-likeness (QED) is 0.628. The van der Waals surface area contributed by atoms with E-state index in [2.05, 4.69) is 10.2 Å². The highest BCUT2D eigenvalue weighted by Gasteiger charge is 2.24. The molecule has 1 aromatic heterocycles. The Balaban J connectivity index is 1.90. The number of aryl methyl sites for hydroxylation is 1. The highest BCUT2D eigenvalue weighted by molar-refractivity contribution is 7.99. The molecule has 23 heavy (non-hydrogen) atoms. The average Bonchev–Trinajstić information content (AvgIpc) is 3.19. The minimum absolute atomic E-state index is 0.0944. The molecule has 2 aromatic rings. The molecule has 8 nitrogen and oxygen atoms in total. The van der Waals surface area contributed by atoms with Gasteiger partial charge in [0.15, 0.2) is 5.16 Å². The molecule has 1 aromatic carbocycles. The Kier molecular flexibility index (Phi) is 4.28. The van der Waals surface area contributed by atoms with E-state index < -0.39 is 4.92 Å². The van der Waals surface area contributed by atoms with Crippen LogP contribution < -0.4 is 0 Å². The summed E-state index contributed by atoms with van der Waals surface area (Å²) in [5.41, 5.74) is 0.254. The molecule has 2 heterocycles. The first kappa shape index (κ1) is 15.5. The third-order valence-corrected chi connectivity index (χ3v) is 4.78. The van der Waals surface area contributed by atoms with Gasteiger partial charge in [-0.2, -0.15) is 0 Å². The molecule has 0 N–H and O–H groups in total. The van der Waals surface area contributed by atoms with Crippen molar-refractivity contribution in [3.05, 3.63) is 40.2 Å². The first-order valence-corrected chi connectivity index (χ1v) is 7.97. The van der Waals surface area contributed by atoms with E-state index >= 15 is 0 Å². The van der Waals surface area contributed by atoms with Crippen LogP contribution in [-0.4, -0.2) is 43.6 Å². The molecule has 0 radical (unpaired) electrons. The summed E-state index contributed by atoms with van der Waals surface area (Å²) in [7, 11) is 1.76. The second-order valence-corrected chi connectivity index (χ2v) is 6.27. The van der Waals surface area contributed by atoms with Crippen LogP contribution >= 0.6 is 11.8 Å². The normalized spacial score (nSPS) is 14.2. The lowest BCUT2D eigenvalue weighted by Crippen LogP contribution is -2.27. The van der Waals surface area contributed by atoms with Crippen LogP contribution in [0.5, 0.6) is 0 Å². The molecule has 0 aliphatic carbocycles. The number of hydrogen-bond donors (Lipinski definition) is 0. The fourth-order valence-electron chi connectivity index (χ4n) is 2.45. The molecule has 1 aliphatic heterocycles. The Morgan fingerprint density at radius 2 is 2.09 bits per heavy atom. The number of carbonyl (C=O) groups excluding carboxylic acids is 1. The van der Waals surface area contributed by atoms with Crippen molar-refractivity contribution in [3.8, 4) is 0 Å². The lowest BCUT2D eigenvalue weighted by molar-refractivity contribution is -0.387. The van der Waals surface area contributed by atoms with Crippen LogP contribution in [0.15, 0.2) is 34.6 Å². The fraction of sp³-hybridized carbons (Fsp3) is 0.357. The van der Waals surface area contributed by atoms with Crippen molar-refractivity contribution in [2.45, 2.75) is 22.9 Å². The van der Waals surface area contributed by atoms with Gasteiger partial charge in [-0.15, -0.1) is 10.2 Å². The van der Waals surface area contributed by atoms with Gasteiger partial charge in [-0.3, -0.25) is 14.9 Å². The number of carbonyl (C=O) groups is 1. The lowest BCUT2D eigenvalue weighted by Gasteiger charge is -2.15. The van der Waals surface area contributed by atoms with Crippen LogP contribution in [0.3, 0.4) is 0 Å². The van der Waals surface area contributed by atoms with Crippen LogP contribution in [0, 0.1) is 10.1 Å². The summed E-state index contributed by atoms with van der Waals surface area (Å²) < 4.78 is 1.68. The van der Waals surface area contributed by atoms with Crippen LogP contribution in [0.4, 0.5) is 5.69 Å². The maximum absolute atomic E-state index is 12.4. The molecular formula is C14H15N5O3S. The maximum atomic E-state index is 12.4. The number of likely N-dealkylation sites (tertiary alicyclic amines) is 1. The summed E-state index contributed by atoms with van der Waals surface area (Å²) in [6, 6.07) is 4.58. The predicted octanol–water partition coefficient (Wildman–Crippen LogP) is 2.11. The number of benzene rings is 1. The van der Waals surface area contributed by atoms with Gasteiger partial charge in [-0.25, -0.2) is 0 Å². The van der Waals surface area contributed by atoms with Crippen LogP contribution in [-0.2, 0) is 7.05 Å². The van der Waals surface area contributed by atoms with Crippen molar-refractivity contribution in [2.75, 3.05) is 13.1 Å². The molecule has 1 amide bonds. The molecule has 9 heteroatoms. The van der Waals surface area contributed by atoms with Crippen molar-refractivity contribution >= 4 is 23.4 Å². The van der Waals surface area contributed by atoms with Crippen LogP contribution in [0.1, 0.15) is 23.2 Å². The molecule has 0 saturated carbocycles. The topological polar surface area (TPSA) is 94.2 Å². The largest absolute Gasteiger partial charge is 0.339 e. The minimum Gasteiger partial charge on any atom is -0.339 e. The Morgan fingerprint density at radius 1 is 1.35 bits per heavy atom. The number of amides is 1. The number of aromatic nitrogens is 3. The van der Waals surface area contributed by atoms with E-state index in [1.54, 1.807) is 28.6 Å². The molecular weight excluding hydrogens is 318 g/mol. The molecule has 0 atom stereocenters. The van der Waals surface area contributed by atoms with Gasteiger partial charge in [-0.05, 0) is 36.7 Å². The first-order chi connectivity index (χ1) is 11.1. The SMILES string of the molecule is Cn1cnnc1Sc1ccc(C(=O)N2CCCC2)cc1[N+](=O)[O-]. The molecule has 0 spiro atoms. The summed E-state index contributed by atoms with van der Waals surface area (Å²) in [6.45, 7) is 1.42. The number of nitro benzene ring substituents is 1. The number of hydrogen-bond acceptors (Lipinski definition) is 6. The summed E-state index contributed by atoms with van der Waals surface area (Å²) >= 11 is 1.15. The van der Waals surface area contributed by atoms with Crippen molar-refractivity contribution in [3.63, 3.8) is 0 Å². The maximum Gasteiger partial charge on any atom is 0.284 e. The van der Waals surface area contributed by atoms with Crippen molar-refractivity contribution < 1.29 is 9.72 Å². The van der Waals surface area contributed by atoms with Crippen LogP contribution in [0.2, 0.25) is 0 Å². The number of nitro groups is 1. The third kappa shape index (κ3) is 3.19. The highest BCUT2D eigenvalue weighted by atomic mass is 32.2. The van der Waals surface area contributed by atoms with Gasteiger partial charge in [0.2, 0.25) is 0 Å². The molecule has 3 rings (SSSR count). The van der Waals surface area contributed by atoms with E-state index in [4.69, 9.17) is 0 Å². The Labute approximate surface area is 136 Å². The standard InChI is InChI=1S/C14H15N5O3S/c1-17-9-15-16-14(17)23-12-5-4-10(8-11(12)19(21)22)13(20)18-6-2-3-7-18/h4-5,8-9H,2-3,6-7H2,1H3. The van der Waals surface area contributed by atoms with Crippen molar-refractivity contribution in [1.82, 2.24) is 19.7 Å². The molecule has 1 fully saturated rings. The highest BCUT2D eigenvalue weighted by Crippen LogP contribution is 2.34. The first-order valence-electron chi connectivity index (χ1n) is 7.16. The minimum atomic E-state index is -0.473. The second-order valence-electron chi connectivity index (χ2n) is 5.27. The molecule has 1 saturated heterocycles. The summed E-state index contributed by atoms with van der Waals surface area (Å²) in [5.74, 6) is -0.152. The molecule has 1 aliphatic rings. The number of nitrogens with zero attached hydrogens (tertiary/aromatic N) is 5. The Bertz CT molecular complexity index is 755. The van der Waals surface area contributed by atoms with Crippen LogP contribution in [0.25, 0.3) is 0 Å². The van der Waals surface area contributed by atoms with Crippen molar-refractivity contribution in [1.29, 1.82) is 0 Å². The second kappa shape index (κ2) is 6.37. The Morgan fingerprint density at radius 3 is 2.70 bits per heavy atom. The summed E-state index contributed by atoms with van der Waals surface area (Å²) in [6.07, 6.45) is 3.49. The molecule has 0 unspecified atom stereocenters.